The molecule has 9 rings (SSSR count). The Bertz CT molecular complexity index is 3600. The van der Waals surface area contributed by atoms with E-state index in [1.807, 2.05) is 84.9 Å². The fourth-order valence-electron chi connectivity index (χ4n) is 10.8. The van der Waals surface area contributed by atoms with Crippen LogP contribution in [0.2, 0.25) is 0 Å². The fourth-order valence-corrected chi connectivity index (χ4v) is 13.4. The zero-order valence-corrected chi connectivity index (χ0v) is 52.0. The summed E-state index contributed by atoms with van der Waals surface area (Å²) in [4.78, 5) is 108. The number of likely N-dealkylation sites (tertiary alicyclic amines) is 1. The Morgan fingerprint density at radius 2 is 1.68 bits per heavy atom. The molecular formula is C63H66F2IN11O9S2. The van der Waals surface area contributed by atoms with Gasteiger partial charge in [-0.25, -0.2) is 13.8 Å². The molecule has 6 aromatic rings. The molecule has 6 heterocycles. The number of nitrogens with two attached hydrogens (primary N) is 1. The number of hydrogen-bond donors (Lipinski definition) is 5. The van der Waals surface area contributed by atoms with Crippen LogP contribution in [0.3, 0.4) is 0 Å². The lowest BCUT2D eigenvalue weighted by Gasteiger charge is -2.22. The van der Waals surface area contributed by atoms with Crippen LogP contribution in [0.25, 0.3) is 33.2 Å². The normalized spacial score (nSPS) is 16.9. The predicted octanol–water partition coefficient (Wildman–Crippen LogP) is 7.63. The molecule has 460 valence electrons. The molecule has 3 aliphatic heterocycles. The summed E-state index contributed by atoms with van der Waals surface area (Å²) in [6.07, 6.45) is 6.82. The maximum atomic E-state index is 14.1. The molecule has 20 nitrogen and oxygen atoms in total. The van der Waals surface area contributed by atoms with E-state index in [1.165, 1.54) is 28.7 Å². The number of ether oxygens (including phenoxy) is 2. The van der Waals surface area contributed by atoms with Gasteiger partial charge in [-0.2, -0.15) is 5.26 Å². The lowest BCUT2D eigenvalue weighted by atomic mass is 9.98. The smallest absolute Gasteiger partial charge is 0.306 e. The van der Waals surface area contributed by atoms with Crippen molar-refractivity contribution in [3.05, 3.63) is 135 Å². The number of nitrogen functional groups attached to an aromatic ring is 1. The fraction of sp³-hybridized carbons (Fsp3) is 0.381. The van der Waals surface area contributed by atoms with Crippen LogP contribution in [0.15, 0.2) is 104 Å². The van der Waals surface area contributed by atoms with Gasteiger partial charge in [0.2, 0.25) is 41.3 Å². The number of pyridine rings is 3. The van der Waals surface area contributed by atoms with Crippen LogP contribution in [-0.2, 0) is 70.8 Å². The highest BCUT2D eigenvalue weighted by Gasteiger charge is 2.50. The van der Waals surface area contributed by atoms with E-state index in [-0.39, 0.29) is 87.9 Å². The third-order valence-corrected chi connectivity index (χ3v) is 18.7. The summed E-state index contributed by atoms with van der Waals surface area (Å²) in [5.74, 6) is -5.97. The molecule has 6 N–H and O–H groups in total. The number of anilines is 1. The number of nitriles is 1. The molecule has 0 saturated carbocycles. The number of amides is 6. The van der Waals surface area contributed by atoms with E-state index in [0.717, 1.165) is 70.3 Å². The number of nitrogens with one attached hydrogen (secondary N) is 4. The van der Waals surface area contributed by atoms with Crippen molar-refractivity contribution in [2.75, 3.05) is 44.0 Å². The topological polar surface area (TPSA) is 281 Å². The molecule has 88 heavy (non-hydrogen) atoms. The number of carbonyl (C=O) groups is 7. The number of hydrogen-bond acceptors (Lipinski definition) is 16. The van der Waals surface area contributed by atoms with E-state index in [4.69, 9.17) is 15.2 Å². The molecule has 25 heteroatoms. The first-order valence-electron chi connectivity index (χ1n) is 28.8. The van der Waals surface area contributed by atoms with Crippen molar-refractivity contribution < 1.29 is 51.8 Å². The van der Waals surface area contributed by atoms with Crippen LogP contribution in [0, 0.1) is 20.8 Å². The van der Waals surface area contributed by atoms with E-state index in [0.29, 0.717) is 48.7 Å². The first-order valence-corrected chi connectivity index (χ1v) is 32.4. The predicted molar refractivity (Wildman–Crippen MR) is 338 cm³/mol. The number of fused-ring (bicyclic) bond motifs is 2. The van der Waals surface area contributed by atoms with Crippen LogP contribution in [0.5, 0.6) is 5.88 Å². The van der Waals surface area contributed by atoms with E-state index >= 15 is 0 Å². The van der Waals surface area contributed by atoms with Crippen molar-refractivity contribution in [1.29, 1.82) is 5.26 Å². The lowest BCUT2D eigenvalue weighted by Crippen LogP contribution is -2.49. The Morgan fingerprint density at radius 3 is 2.45 bits per heavy atom. The SMILES string of the molecule is COc1ncc(-c2ccc3nccc(-c4ccc(COC(=O)CCCSSC[C@H](NC(=O)CCc5cccc6c5CN(C(=O)C[C@@H]5C[C@@H](C(=O)N7CC(F)(F)C[C@H]7C#N)NC5=O)C6)C(=O)NCCNC(=O)CCCc5ccc(I)cc5)nc4)c3c2)cc1N. The van der Waals surface area contributed by atoms with Gasteiger partial charge in [0.1, 0.15) is 24.7 Å². The van der Waals surface area contributed by atoms with Gasteiger partial charge in [0.05, 0.1) is 36.6 Å². The van der Waals surface area contributed by atoms with Gasteiger partial charge in [0.25, 0.3) is 5.92 Å². The molecule has 0 radical (unpaired) electrons. The number of benzene rings is 3. The molecule has 6 amide bonds. The number of carbonyl (C=O) groups excluding carboxylic acids is 7. The monoisotopic (exact) mass is 1350 g/mol. The quantitative estimate of drug-likeness (QED) is 0.0143. The Morgan fingerprint density at radius 1 is 0.886 bits per heavy atom. The Balaban J connectivity index is 0.727. The van der Waals surface area contributed by atoms with Gasteiger partial charge in [-0.1, -0.05) is 64.1 Å². The van der Waals surface area contributed by atoms with Crippen molar-refractivity contribution >= 4 is 102 Å². The van der Waals surface area contributed by atoms with E-state index < -0.39 is 60.7 Å². The maximum Gasteiger partial charge on any atom is 0.306 e. The van der Waals surface area contributed by atoms with Crippen LogP contribution in [0.4, 0.5) is 14.5 Å². The van der Waals surface area contributed by atoms with Crippen LogP contribution < -0.4 is 31.7 Å². The third-order valence-electron chi connectivity index (χ3n) is 15.5. The van der Waals surface area contributed by atoms with Gasteiger partial charge in [-0.15, -0.1) is 0 Å². The molecule has 0 bridgehead atoms. The van der Waals surface area contributed by atoms with Crippen molar-refractivity contribution in [1.82, 2.24) is 46.0 Å². The molecule has 3 aromatic carbocycles. The Kier molecular flexibility index (Phi) is 22.2. The van der Waals surface area contributed by atoms with Crippen LogP contribution in [-0.4, -0.2) is 128 Å². The summed E-state index contributed by atoms with van der Waals surface area (Å²) < 4.78 is 40.1. The highest BCUT2D eigenvalue weighted by atomic mass is 127. The largest absolute Gasteiger partial charge is 0.480 e. The zero-order chi connectivity index (χ0) is 62.3. The number of aryl methyl sites for hydroxylation is 2. The van der Waals surface area contributed by atoms with E-state index in [2.05, 4.69) is 58.8 Å². The first-order chi connectivity index (χ1) is 42.4. The molecule has 0 aliphatic carbocycles. The molecule has 4 atom stereocenters. The second-order valence-corrected chi connectivity index (χ2v) is 25.6. The van der Waals surface area contributed by atoms with Crippen molar-refractivity contribution in [3.8, 4) is 34.2 Å². The maximum absolute atomic E-state index is 14.1. The van der Waals surface area contributed by atoms with E-state index in [9.17, 15) is 47.6 Å². The summed E-state index contributed by atoms with van der Waals surface area (Å²) in [7, 11) is 4.34. The third kappa shape index (κ3) is 17.2. The van der Waals surface area contributed by atoms with E-state index in [1.54, 1.807) is 29.6 Å². The standard InChI is InChI=1S/C63H66F2IN11O9S2/c1-85-61-51(68)26-44(32-73-61)40-13-18-52-49(25-40)48(20-21-69-52)41-12-17-46(72-31-41)35-86-58(81)9-4-24-87-88-36-54(60(83)71-23-22-70-55(78)8-2-5-38-10-15-45(66)16-11-38)74-56(79)19-14-39-6-3-7-42-33-76(34-50(39)42)57(80)28-43-27-53(75-59(43)82)62(84)77-37-63(64,65)29-47(77)30-67/h3,6-7,10-13,15-18,20-21,25-26,31-32,43,47,53-54H,2,4-5,8-9,14,19,22-24,27-29,33-37,68H2,1H3,(H,70,78)(H,71,83)(H,74,79)(H,75,82)/t43-,47-,53-,54-/m0/s1. The minimum absolute atomic E-state index is 0.0102. The lowest BCUT2D eigenvalue weighted by molar-refractivity contribution is -0.145. The number of halogens is 3. The highest BCUT2D eigenvalue weighted by molar-refractivity contribution is 14.1. The van der Waals surface area contributed by atoms with Crippen LogP contribution in [0.1, 0.15) is 79.3 Å². The molecule has 0 unspecified atom stereocenters. The second kappa shape index (κ2) is 30.3. The summed E-state index contributed by atoms with van der Waals surface area (Å²) in [6, 6.07) is 25.5. The summed E-state index contributed by atoms with van der Waals surface area (Å²) >= 11 is 2.25. The van der Waals surface area contributed by atoms with Gasteiger partial charge in [0, 0.05) is 114 Å². The minimum Gasteiger partial charge on any atom is -0.480 e. The van der Waals surface area contributed by atoms with Gasteiger partial charge < -0.3 is 46.3 Å². The van der Waals surface area contributed by atoms with Crippen molar-refractivity contribution in [2.24, 2.45) is 5.92 Å². The van der Waals surface area contributed by atoms with Crippen molar-refractivity contribution in [2.45, 2.75) is 108 Å². The number of methoxy groups -OCH3 is 1. The number of nitrogens with zero attached hydrogens (tertiary/aromatic N) is 6. The van der Waals surface area contributed by atoms with Gasteiger partial charge in [-0.3, -0.25) is 43.5 Å². The number of aromatic nitrogens is 3. The summed E-state index contributed by atoms with van der Waals surface area (Å²) in [5, 5.41) is 21.4. The van der Waals surface area contributed by atoms with Crippen molar-refractivity contribution in [3.63, 3.8) is 0 Å². The molecule has 0 spiro atoms. The molecule has 2 fully saturated rings. The number of esters is 1. The highest BCUT2D eigenvalue weighted by Crippen LogP contribution is 2.36. The van der Waals surface area contributed by atoms with Gasteiger partial charge in [0.15, 0.2) is 0 Å². The molecule has 3 aliphatic rings. The number of rotatable bonds is 27. The summed E-state index contributed by atoms with van der Waals surface area (Å²) in [5.41, 5.74) is 15.2. The number of alkyl halides is 2. The average molecular weight is 1350 g/mol. The minimum atomic E-state index is -3.21. The molecular weight excluding hydrogens is 1280 g/mol. The zero-order valence-electron chi connectivity index (χ0n) is 48.2. The average Bonchev–Trinajstić information content (AvgIpc) is 2.17. The molecule has 2 saturated heterocycles. The Labute approximate surface area is 529 Å². The van der Waals surface area contributed by atoms with Gasteiger partial charge >= 0.3 is 5.97 Å². The summed E-state index contributed by atoms with van der Waals surface area (Å²) in [6.45, 7) is -0.120. The second-order valence-electron chi connectivity index (χ2n) is 21.7. The first kappa shape index (κ1) is 64.5. The van der Waals surface area contributed by atoms with Gasteiger partial charge in [-0.05, 0) is 131 Å². The molecule has 3 aromatic heterocycles. The Hall–Kier alpha value is -7.96. The van der Waals surface area contributed by atoms with Crippen LogP contribution >= 0.6 is 44.2 Å².